The van der Waals surface area contributed by atoms with Gasteiger partial charge in [0.2, 0.25) is 0 Å². The number of unbranched alkanes of at least 4 members (excludes halogenated alkanes) is 2. The highest BCUT2D eigenvalue weighted by atomic mass is 32.1. The molecule has 0 N–H and O–H groups in total. The second-order valence-corrected chi connectivity index (χ2v) is 7.27. The fourth-order valence-electron chi connectivity index (χ4n) is 2.85. The van der Waals surface area contributed by atoms with E-state index in [1.54, 1.807) is 11.3 Å². The van der Waals surface area contributed by atoms with Crippen LogP contribution in [0.3, 0.4) is 0 Å². The summed E-state index contributed by atoms with van der Waals surface area (Å²) >= 11 is 1.71. The lowest BCUT2D eigenvalue weighted by Crippen LogP contribution is -2.15. The van der Waals surface area contributed by atoms with Gasteiger partial charge in [0, 0.05) is 4.88 Å². The first-order valence-electron chi connectivity index (χ1n) is 9.05. The van der Waals surface area contributed by atoms with Crippen LogP contribution in [0, 0.1) is 5.92 Å². The van der Waals surface area contributed by atoms with Gasteiger partial charge in [-0.3, -0.25) is 4.79 Å². The summed E-state index contributed by atoms with van der Waals surface area (Å²) in [5.41, 5.74) is 1.34. The standard InChI is InChI=1S/C21H28O3S/c1-3-18(21(22)23-2)9-6-4-5-8-17-11-13-19(14-12-17)24-16-20-10-7-15-25-20/h7,10-15,18H,3-6,8-9,16H2,1-2H3. The highest BCUT2D eigenvalue weighted by molar-refractivity contribution is 7.09. The Hall–Kier alpha value is -1.81. The van der Waals surface area contributed by atoms with Crippen molar-refractivity contribution in [3.63, 3.8) is 0 Å². The van der Waals surface area contributed by atoms with Crippen LogP contribution in [0.5, 0.6) is 5.75 Å². The Labute approximate surface area is 155 Å². The molecule has 1 heterocycles. The van der Waals surface area contributed by atoms with Crippen LogP contribution in [0.1, 0.15) is 49.5 Å². The number of esters is 1. The maximum Gasteiger partial charge on any atom is 0.308 e. The second-order valence-electron chi connectivity index (χ2n) is 6.24. The molecule has 0 amide bonds. The predicted octanol–water partition coefficient (Wildman–Crippen LogP) is 5.63. The van der Waals surface area contributed by atoms with Crippen molar-refractivity contribution in [2.75, 3.05) is 7.11 Å². The zero-order chi connectivity index (χ0) is 17.9. The smallest absolute Gasteiger partial charge is 0.308 e. The van der Waals surface area contributed by atoms with Crippen LogP contribution < -0.4 is 4.74 Å². The Balaban J connectivity index is 1.63. The Kier molecular flexibility index (Phi) is 8.53. The van der Waals surface area contributed by atoms with Crippen LogP contribution in [0.4, 0.5) is 0 Å². The van der Waals surface area contributed by atoms with Gasteiger partial charge in [-0.25, -0.2) is 0 Å². The van der Waals surface area contributed by atoms with E-state index in [0.717, 1.165) is 44.3 Å². The molecule has 0 saturated carbocycles. The van der Waals surface area contributed by atoms with E-state index < -0.39 is 0 Å². The van der Waals surface area contributed by atoms with E-state index in [1.165, 1.54) is 17.6 Å². The van der Waals surface area contributed by atoms with Crippen molar-refractivity contribution in [1.82, 2.24) is 0 Å². The molecule has 2 aromatic rings. The number of hydrogen-bond acceptors (Lipinski definition) is 4. The van der Waals surface area contributed by atoms with Crippen LogP contribution in [0.25, 0.3) is 0 Å². The second kappa shape index (κ2) is 10.9. The molecule has 1 atom stereocenters. The van der Waals surface area contributed by atoms with Gasteiger partial charge in [-0.05, 0) is 54.8 Å². The quantitative estimate of drug-likeness (QED) is 0.385. The molecular weight excluding hydrogens is 332 g/mol. The molecule has 4 heteroatoms. The van der Waals surface area contributed by atoms with E-state index in [-0.39, 0.29) is 11.9 Å². The minimum atomic E-state index is -0.0689. The van der Waals surface area contributed by atoms with E-state index in [1.807, 2.05) is 25.1 Å². The van der Waals surface area contributed by atoms with Crippen LogP contribution in [0.2, 0.25) is 0 Å². The number of thiophene rings is 1. The van der Waals surface area contributed by atoms with E-state index in [2.05, 4.69) is 23.6 Å². The third-order valence-electron chi connectivity index (χ3n) is 4.43. The molecule has 0 aliphatic carbocycles. The fourth-order valence-corrected chi connectivity index (χ4v) is 3.47. The summed E-state index contributed by atoms with van der Waals surface area (Å²) in [5.74, 6) is 0.909. The van der Waals surface area contributed by atoms with Crippen LogP contribution >= 0.6 is 11.3 Å². The molecule has 1 aromatic heterocycles. The van der Waals surface area contributed by atoms with Crippen molar-refractivity contribution in [3.8, 4) is 5.75 Å². The van der Waals surface area contributed by atoms with Gasteiger partial charge in [-0.1, -0.05) is 38.0 Å². The molecule has 0 aliphatic rings. The molecule has 25 heavy (non-hydrogen) atoms. The summed E-state index contributed by atoms with van der Waals surface area (Å²) in [5, 5.41) is 2.07. The zero-order valence-corrected chi connectivity index (χ0v) is 16.0. The number of benzene rings is 1. The lowest BCUT2D eigenvalue weighted by molar-refractivity contribution is -0.145. The third-order valence-corrected chi connectivity index (χ3v) is 5.28. The van der Waals surface area contributed by atoms with Gasteiger partial charge in [0.1, 0.15) is 12.4 Å². The number of methoxy groups -OCH3 is 1. The average Bonchev–Trinajstić information content (AvgIpc) is 3.17. The lowest BCUT2D eigenvalue weighted by Gasteiger charge is -2.11. The number of hydrogen-bond donors (Lipinski definition) is 0. The zero-order valence-electron chi connectivity index (χ0n) is 15.2. The SMILES string of the molecule is CCC(CCCCCc1ccc(OCc2cccs2)cc1)C(=O)OC. The molecule has 1 unspecified atom stereocenters. The molecule has 0 bridgehead atoms. The minimum Gasteiger partial charge on any atom is -0.488 e. The monoisotopic (exact) mass is 360 g/mol. The normalized spacial score (nSPS) is 11.9. The lowest BCUT2D eigenvalue weighted by atomic mass is 9.97. The predicted molar refractivity (Wildman–Crippen MR) is 103 cm³/mol. The first-order valence-corrected chi connectivity index (χ1v) is 9.92. The number of ether oxygens (including phenoxy) is 2. The van der Waals surface area contributed by atoms with Gasteiger partial charge < -0.3 is 9.47 Å². The summed E-state index contributed by atoms with van der Waals surface area (Å²) in [4.78, 5) is 12.8. The Morgan fingerprint density at radius 1 is 1.12 bits per heavy atom. The molecule has 1 aromatic carbocycles. The maximum atomic E-state index is 11.6. The number of carbonyl (C=O) groups excluding carboxylic acids is 1. The molecule has 0 fully saturated rings. The number of carbonyl (C=O) groups is 1. The third kappa shape index (κ3) is 6.91. The van der Waals surface area contributed by atoms with Gasteiger partial charge in [-0.2, -0.15) is 0 Å². The van der Waals surface area contributed by atoms with Crippen molar-refractivity contribution in [3.05, 3.63) is 52.2 Å². The van der Waals surface area contributed by atoms with Crippen molar-refractivity contribution in [2.24, 2.45) is 5.92 Å². The Bertz CT molecular complexity index is 605. The molecule has 3 nitrogen and oxygen atoms in total. The summed E-state index contributed by atoms with van der Waals surface area (Å²) in [7, 11) is 1.47. The largest absolute Gasteiger partial charge is 0.488 e. The maximum absolute atomic E-state index is 11.6. The van der Waals surface area contributed by atoms with Gasteiger partial charge in [0.25, 0.3) is 0 Å². The van der Waals surface area contributed by atoms with Crippen LogP contribution in [-0.2, 0) is 22.6 Å². The summed E-state index contributed by atoms with van der Waals surface area (Å²) in [6.45, 7) is 2.68. The Morgan fingerprint density at radius 3 is 2.56 bits per heavy atom. The van der Waals surface area contributed by atoms with E-state index in [9.17, 15) is 4.79 Å². The molecule has 2 rings (SSSR count). The Morgan fingerprint density at radius 2 is 1.92 bits per heavy atom. The molecule has 136 valence electrons. The van der Waals surface area contributed by atoms with Crippen molar-refractivity contribution >= 4 is 17.3 Å². The first kappa shape index (κ1) is 19.5. The summed E-state index contributed by atoms with van der Waals surface area (Å²) in [6, 6.07) is 12.5. The van der Waals surface area contributed by atoms with E-state index in [0.29, 0.717) is 6.61 Å². The highest BCUT2D eigenvalue weighted by Crippen LogP contribution is 2.19. The number of rotatable bonds is 11. The van der Waals surface area contributed by atoms with Crippen molar-refractivity contribution in [1.29, 1.82) is 0 Å². The molecule has 0 saturated heterocycles. The van der Waals surface area contributed by atoms with Gasteiger partial charge >= 0.3 is 5.97 Å². The summed E-state index contributed by atoms with van der Waals surface area (Å²) < 4.78 is 10.6. The topological polar surface area (TPSA) is 35.5 Å². The van der Waals surface area contributed by atoms with E-state index in [4.69, 9.17) is 9.47 Å². The molecule has 0 aliphatic heterocycles. The highest BCUT2D eigenvalue weighted by Gasteiger charge is 2.15. The summed E-state index contributed by atoms with van der Waals surface area (Å²) in [6.07, 6.45) is 6.23. The van der Waals surface area contributed by atoms with Gasteiger partial charge in [0.15, 0.2) is 0 Å². The molecule has 0 radical (unpaired) electrons. The molecular formula is C21H28O3S. The van der Waals surface area contributed by atoms with E-state index >= 15 is 0 Å². The van der Waals surface area contributed by atoms with Crippen molar-refractivity contribution < 1.29 is 14.3 Å². The van der Waals surface area contributed by atoms with Gasteiger partial charge in [-0.15, -0.1) is 11.3 Å². The van der Waals surface area contributed by atoms with Crippen LogP contribution in [0.15, 0.2) is 41.8 Å². The first-order chi connectivity index (χ1) is 12.2. The average molecular weight is 361 g/mol. The number of aryl methyl sites for hydroxylation is 1. The molecule has 0 spiro atoms. The van der Waals surface area contributed by atoms with Crippen LogP contribution in [-0.4, -0.2) is 13.1 Å². The fraction of sp³-hybridized carbons (Fsp3) is 0.476. The van der Waals surface area contributed by atoms with Gasteiger partial charge in [0.05, 0.1) is 13.0 Å². The minimum absolute atomic E-state index is 0.0600. The van der Waals surface area contributed by atoms with Crippen molar-refractivity contribution in [2.45, 2.75) is 52.1 Å².